The number of nitrogens with zero attached hydrogens (tertiary/aromatic N) is 1. The van der Waals surface area contributed by atoms with E-state index in [4.69, 9.17) is 14.2 Å². The Morgan fingerprint density at radius 3 is 3.05 bits per heavy atom. The van der Waals surface area contributed by atoms with Crippen LogP contribution in [-0.4, -0.2) is 50.3 Å². The van der Waals surface area contributed by atoms with Gasteiger partial charge in [-0.2, -0.15) is 0 Å². The molecule has 1 saturated heterocycles. The van der Waals surface area contributed by atoms with Crippen molar-refractivity contribution in [2.24, 2.45) is 0 Å². The zero-order valence-corrected chi connectivity index (χ0v) is 13.2. The van der Waals surface area contributed by atoms with Crippen LogP contribution in [0, 0.1) is 0 Å². The third kappa shape index (κ3) is 3.86. The first-order valence-electron chi connectivity index (χ1n) is 6.46. The molecule has 0 radical (unpaired) electrons. The molecule has 0 saturated carbocycles. The highest BCUT2D eigenvalue weighted by Gasteiger charge is 2.21. The van der Waals surface area contributed by atoms with Crippen LogP contribution >= 0.6 is 15.9 Å². The van der Waals surface area contributed by atoms with Crippen molar-refractivity contribution in [3.63, 3.8) is 0 Å². The van der Waals surface area contributed by atoms with E-state index in [1.165, 1.54) is 0 Å². The smallest absolute Gasteiger partial charge is 0.260 e. The second kappa shape index (κ2) is 6.95. The predicted octanol–water partition coefficient (Wildman–Crippen LogP) is 2.08. The number of hydrogen-bond acceptors (Lipinski definition) is 4. The molecule has 1 heterocycles. The van der Waals surface area contributed by atoms with Gasteiger partial charge in [0.25, 0.3) is 5.91 Å². The molecule has 0 aliphatic carbocycles. The zero-order valence-electron chi connectivity index (χ0n) is 11.6. The Bertz CT molecular complexity index is 480. The van der Waals surface area contributed by atoms with Crippen molar-refractivity contribution in [3.05, 3.63) is 22.7 Å². The summed E-state index contributed by atoms with van der Waals surface area (Å²) < 4.78 is 16.9. The predicted molar refractivity (Wildman–Crippen MR) is 78.2 cm³/mol. The van der Waals surface area contributed by atoms with Crippen LogP contribution < -0.4 is 9.47 Å². The number of ether oxygens (including phenoxy) is 3. The number of rotatable bonds is 4. The maximum atomic E-state index is 12.1. The minimum absolute atomic E-state index is 0.0124. The number of hydrogen-bond donors (Lipinski definition) is 0. The average Bonchev–Trinajstić information content (AvgIpc) is 2.46. The third-order valence-electron chi connectivity index (χ3n) is 3.08. The lowest BCUT2D eigenvalue weighted by atomic mass is 10.3. The monoisotopic (exact) mass is 343 g/mol. The molecule has 0 spiro atoms. The molecule has 1 aromatic rings. The zero-order chi connectivity index (χ0) is 14.5. The number of amides is 1. The fourth-order valence-electron chi connectivity index (χ4n) is 2.00. The van der Waals surface area contributed by atoms with Crippen LogP contribution in [0.3, 0.4) is 0 Å². The summed E-state index contributed by atoms with van der Waals surface area (Å²) in [6.45, 7) is 3.78. The summed E-state index contributed by atoms with van der Waals surface area (Å²) in [5.74, 6) is 1.25. The second-order valence-electron chi connectivity index (χ2n) is 4.61. The summed E-state index contributed by atoms with van der Waals surface area (Å²) in [5, 5.41) is 0. The van der Waals surface area contributed by atoms with E-state index in [2.05, 4.69) is 15.9 Å². The molecule has 5 nitrogen and oxygen atoms in total. The third-order valence-corrected chi connectivity index (χ3v) is 3.74. The first kappa shape index (κ1) is 15.1. The summed E-state index contributed by atoms with van der Waals surface area (Å²) in [6, 6.07) is 5.40. The molecule has 1 aliphatic heterocycles. The number of morpholine rings is 1. The van der Waals surface area contributed by atoms with E-state index in [1.807, 2.05) is 19.1 Å². The van der Waals surface area contributed by atoms with Gasteiger partial charge >= 0.3 is 0 Å². The normalized spacial score (nSPS) is 18.8. The Labute approximate surface area is 126 Å². The highest BCUT2D eigenvalue weighted by molar-refractivity contribution is 9.10. The minimum Gasteiger partial charge on any atom is -0.497 e. The maximum absolute atomic E-state index is 12.1. The Hall–Kier alpha value is -1.27. The lowest BCUT2D eigenvalue weighted by Gasteiger charge is -2.31. The number of carbonyl (C=O) groups excluding carboxylic acids is 1. The van der Waals surface area contributed by atoms with Gasteiger partial charge in [-0.3, -0.25) is 4.79 Å². The molecule has 1 aliphatic rings. The standard InChI is InChI=1S/C14H18BrNO4/c1-10-8-16(5-6-19-10)14(17)9-20-13-7-11(18-2)3-4-12(13)15/h3-4,7,10H,5-6,8-9H2,1-2H3. The first-order chi connectivity index (χ1) is 9.60. The van der Waals surface area contributed by atoms with Gasteiger partial charge in [-0.1, -0.05) is 0 Å². The number of halogens is 1. The molecule has 20 heavy (non-hydrogen) atoms. The van der Waals surface area contributed by atoms with Gasteiger partial charge in [-0.05, 0) is 35.0 Å². The highest BCUT2D eigenvalue weighted by Crippen LogP contribution is 2.29. The van der Waals surface area contributed by atoms with Crippen molar-refractivity contribution < 1.29 is 19.0 Å². The Kier molecular flexibility index (Phi) is 5.25. The van der Waals surface area contributed by atoms with Gasteiger partial charge in [0.15, 0.2) is 6.61 Å². The average molecular weight is 344 g/mol. The highest BCUT2D eigenvalue weighted by atomic mass is 79.9. The molecule has 1 fully saturated rings. The van der Waals surface area contributed by atoms with Crippen molar-refractivity contribution in [2.75, 3.05) is 33.4 Å². The van der Waals surface area contributed by atoms with E-state index in [-0.39, 0.29) is 18.6 Å². The molecular weight excluding hydrogens is 326 g/mol. The van der Waals surface area contributed by atoms with Crippen LogP contribution in [0.4, 0.5) is 0 Å². The summed E-state index contributed by atoms with van der Waals surface area (Å²) in [4.78, 5) is 13.8. The number of carbonyl (C=O) groups is 1. The second-order valence-corrected chi connectivity index (χ2v) is 5.46. The van der Waals surface area contributed by atoms with Gasteiger partial charge in [-0.25, -0.2) is 0 Å². The Morgan fingerprint density at radius 2 is 2.35 bits per heavy atom. The number of methoxy groups -OCH3 is 1. The van der Waals surface area contributed by atoms with E-state index >= 15 is 0 Å². The van der Waals surface area contributed by atoms with Crippen molar-refractivity contribution in [1.29, 1.82) is 0 Å². The van der Waals surface area contributed by atoms with Gasteiger partial charge in [-0.15, -0.1) is 0 Å². The van der Waals surface area contributed by atoms with E-state index in [0.29, 0.717) is 31.2 Å². The molecule has 1 aromatic carbocycles. The lowest BCUT2D eigenvalue weighted by molar-refractivity contribution is -0.140. The summed E-state index contributed by atoms with van der Waals surface area (Å²) in [7, 11) is 1.59. The van der Waals surface area contributed by atoms with Crippen LogP contribution in [0.5, 0.6) is 11.5 Å². The molecule has 0 aromatic heterocycles. The number of benzene rings is 1. The largest absolute Gasteiger partial charge is 0.497 e. The van der Waals surface area contributed by atoms with Crippen LogP contribution in [-0.2, 0) is 9.53 Å². The molecule has 0 N–H and O–H groups in total. The van der Waals surface area contributed by atoms with Crippen LogP contribution in [0.25, 0.3) is 0 Å². The Balaban J connectivity index is 1.92. The summed E-state index contributed by atoms with van der Waals surface area (Å²) in [6.07, 6.45) is 0.0799. The summed E-state index contributed by atoms with van der Waals surface area (Å²) in [5.41, 5.74) is 0. The van der Waals surface area contributed by atoms with Gasteiger partial charge in [0.2, 0.25) is 0 Å². The molecule has 2 rings (SSSR count). The SMILES string of the molecule is COc1ccc(Br)c(OCC(=O)N2CCOC(C)C2)c1. The molecular formula is C14H18BrNO4. The van der Waals surface area contributed by atoms with Crippen molar-refractivity contribution in [1.82, 2.24) is 4.90 Å². The Morgan fingerprint density at radius 1 is 1.55 bits per heavy atom. The van der Waals surface area contributed by atoms with Crippen LogP contribution in [0.15, 0.2) is 22.7 Å². The van der Waals surface area contributed by atoms with Crippen LogP contribution in [0.2, 0.25) is 0 Å². The van der Waals surface area contributed by atoms with Gasteiger partial charge in [0, 0.05) is 19.2 Å². The van der Waals surface area contributed by atoms with Crippen molar-refractivity contribution >= 4 is 21.8 Å². The van der Waals surface area contributed by atoms with Crippen molar-refractivity contribution in [2.45, 2.75) is 13.0 Å². The lowest BCUT2D eigenvalue weighted by Crippen LogP contribution is -2.46. The molecule has 1 unspecified atom stereocenters. The van der Waals surface area contributed by atoms with E-state index < -0.39 is 0 Å². The molecule has 6 heteroatoms. The molecule has 0 bridgehead atoms. The molecule has 1 atom stereocenters. The first-order valence-corrected chi connectivity index (χ1v) is 7.25. The van der Waals surface area contributed by atoms with Gasteiger partial charge < -0.3 is 19.1 Å². The van der Waals surface area contributed by atoms with E-state index in [0.717, 1.165) is 4.47 Å². The van der Waals surface area contributed by atoms with Crippen molar-refractivity contribution in [3.8, 4) is 11.5 Å². The quantitative estimate of drug-likeness (QED) is 0.839. The summed E-state index contributed by atoms with van der Waals surface area (Å²) >= 11 is 3.39. The fraction of sp³-hybridized carbons (Fsp3) is 0.500. The van der Waals surface area contributed by atoms with Gasteiger partial charge in [0.1, 0.15) is 11.5 Å². The fourth-order valence-corrected chi connectivity index (χ4v) is 2.36. The van der Waals surface area contributed by atoms with E-state index in [1.54, 1.807) is 18.1 Å². The van der Waals surface area contributed by atoms with Crippen LogP contribution in [0.1, 0.15) is 6.92 Å². The van der Waals surface area contributed by atoms with Gasteiger partial charge in [0.05, 0.1) is 24.3 Å². The molecule has 110 valence electrons. The molecule has 1 amide bonds. The van der Waals surface area contributed by atoms with E-state index in [9.17, 15) is 4.79 Å². The maximum Gasteiger partial charge on any atom is 0.260 e. The topological polar surface area (TPSA) is 48.0 Å². The minimum atomic E-state index is -0.0325.